The summed E-state index contributed by atoms with van der Waals surface area (Å²) in [5.74, 6) is 0.676. The molecular weight excluding hydrogens is 283 g/mol. The number of hydrogen-bond donors (Lipinski definition) is 0. The molecule has 2 rings (SSSR count). The number of aromatic nitrogens is 2. The van der Waals surface area contributed by atoms with Crippen LogP contribution in [0.1, 0.15) is 19.4 Å². The van der Waals surface area contributed by atoms with Gasteiger partial charge in [0.1, 0.15) is 5.76 Å². The lowest BCUT2D eigenvalue weighted by atomic mass is 10.2. The van der Waals surface area contributed by atoms with Gasteiger partial charge in [-0.3, -0.25) is 0 Å². The van der Waals surface area contributed by atoms with Crippen LogP contribution in [0.15, 0.2) is 36.9 Å². The van der Waals surface area contributed by atoms with E-state index in [1.165, 1.54) is 0 Å². The van der Waals surface area contributed by atoms with Gasteiger partial charge in [0.2, 0.25) is 0 Å². The molecule has 3 nitrogen and oxygen atoms in total. The van der Waals surface area contributed by atoms with Gasteiger partial charge in [0.05, 0.1) is 23.7 Å². The summed E-state index contributed by atoms with van der Waals surface area (Å²) in [7, 11) is 0. The lowest BCUT2D eigenvalue weighted by Gasteiger charge is -2.15. The molecule has 0 atom stereocenters. The molecule has 0 aliphatic carbocycles. The van der Waals surface area contributed by atoms with E-state index >= 15 is 0 Å². The quantitative estimate of drug-likeness (QED) is 0.773. The summed E-state index contributed by atoms with van der Waals surface area (Å²) in [6.45, 7) is 3.93. The van der Waals surface area contributed by atoms with Gasteiger partial charge in [0, 0.05) is 23.0 Å². The van der Waals surface area contributed by atoms with Crippen LogP contribution in [-0.4, -0.2) is 15.7 Å². The van der Waals surface area contributed by atoms with Gasteiger partial charge in [-0.05, 0) is 32.0 Å². The second-order valence-corrected chi connectivity index (χ2v) is 5.14. The predicted octanol–water partition coefficient (Wildman–Crippen LogP) is 4.57. The van der Waals surface area contributed by atoms with Crippen molar-refractivity contribution in [3.8, 4) is 0 Å². The lowest BCUT2D eigenvalue weighted by Crippen LogP contribution is -2.03. The van der Waals surface area contributed by atoms with E-state index < -0.39 is 0 Å². The monoisotopic (exact) mass is 296 g/mol. The third-order valence-corrected chi connectivity index (χ3v) is 2.90. The second-order valence-electron chi connectivity index (χ2n) is 4.29. The summed E-state index contributed by atoms with van der Waals surface area (Å²) in [6, 6.07) is 5.33. The molecule has 0 radical (unpaired) electrons. The molecule has 1 aromatic carbocycles. The van der Waals surface area contributed by atoms with Crippen molar-refractivity contribution >= 4 is 35.2 Å². The standard InChI is InChI=1S/C14H14Cl2N2O/c1-10(2)19-14(8-18-6-5-17-9-18)12-4-3-11(15)7-13(12)16/h3-10H,1-2H3/b14-8-. The topological polar surface area (TPSA) is 27.1 Å². The Balaban J connectivity index is 2.42. The van der Waals surface area contributed by atoms with Crippen molar-refractivity contribution in [2.45, 2.75) is 20.0 Å². The zero-order chi connectivity index (χ0) is 13.8. The molecule has 0 spiro atoms. The van der Waals surface area contributed by atoms with Crippen molar-refractivity contribution < 1.29 is 4.74 Å². The minimum Gasteiger partial charge on any atom is -0.489 e. The first-order valence-electron chi connectivity index (χ1n) is 5.87. The highest BCUT2D eigenvalue weighted by Gasteiger charge is 2.10. The molecule has 1 aromatic heterocycles. The van der Waals surface area contributed by atoms with Crippen molar-refractivity contribution in [1.82, 2.24) is 9.55 Å². The van der Waals surface area contributed by atoms with Crippen LogP contribution < -0.4 is 0 Å². The maximum atomic E-state index is 6.22. The van der Waals surface area contributed by atoms with Crippen LogP contribution in [0.3, 0.4) is 0 Å². The molecule has 0 fully saturated rings. The maximum Gasteiger partial charge on any atom is 0.144 e. The van der Waals surface area contributed by atoms with Gasteiger partial charge < -0.3 is 9.30 Å². The van der Waals surface area contributed by atoms with E-state index in [2.05, 4.69) is 4.98 Å². The molecule has 2 aromatic rings. The van der Waals surface area contributed by atoms with E-state index in [1.54, 1.807) is 24.7 Å². The van der Waals surface area contributed by atoms with E-state index in [9.17, 15) is 0 Å². The SMILES string of the molecule is CC(C)O/C(=C\n1ccnc1)c1ccc(Cl)cc1Cl. The summed E-state index contributed by atoms with van der Waals surface area (Å²) < 4.78 is 7.62. The molecule has 0 amide bonds. The molecule has 5 heteroatoms. The Bertz CT molecular complexity index is 577. The smallest absolute Gasteiger partial charge is 0.144 e. The van der Waals surface area contributed by atoms with Crippen LogP contribution in [0, 0.1) is 0 Å². The van der Waals surface area contributed by atoms with Gasteiger partial charge in [-0.2, -0.15) is 0 Å². The number of benzene rings is 1. The molecule has 0 aliphatic rings. The van der Waals surface area contributed by atoms with E-state index in [4.69, 9.17) is 27.9 Å². The van der Waals surface area contributed by atoms with E-state index in [1.807, 2.05) is 36.9 Å². The van der Waals surface area contributed by atoms with Crippen LogP contribution in [-0.2, 0) is 4.74 Å². The second kappa shape index (κ2) is 6.13. The third-order valence-electron chi connectivity index (χ3n) is 2.35. The van der Waals surface area contributed by atoms with Crippen LogP contribution >= 0.6 is 23.2 Å². The van der Waals surface area contributed by atoms with Crippen LogP contribution in [0.25, 0.3) is 12.0 Å². The van der Waals surface area contributed by atoms with Crippen LogP contribution in [0.5, 0.6) is 0 Å². The number of hydrogen-bond acceptors (Lipinski definition) is 2. The highest BCUT2D eigenvalue weighted by atomic mass is 35.5. The number of rotatable bonds is 4. The number of imidazole rings is 1. The third kappa shape index (κ3) is 3.75. The Morgan fingerprint density at radius 3 is 2.74 bits per heavy atom. The fourth-order valence-corrected chi connectivity index (χ4v) is 2.09. The van der Waals surface area contributed by atoms with Gasteiger partial charge in [-0.25, -0.2) is 4.98 Å². The average Bonchev–Trinajstić information content (AvgIpc) is 2.80. The van der Waals surface area contributed by atoms with E-state index in [-0.39, 0.29) is 6.10 Å². The number of ether oxygens (including phenoxy) is 1. The Labute approximate surface area is 122 Å². The van der Waals surface area contributed by atoms with Crippen molar-refractivity contribution in [2.24, 2.45) is 0 Å². The molecule has 0 aliphatic heterocycles. The molecule has 100 valence electrons. The first kappa shape index (κ1) is 14.0. The van der Waals surface area contributed by atoms with Crippen molar-refractivity contribution in [3.63, 3.8) is 0 Å². The Morgan fingerprint density at radius 2 is 2.16 bits per heavy atom. The Kier molecular flexibility index (Phi) is 4.51. The molecule has 0 unspecified atom stereocenters. The summed E-state index contributed by atoms with van der Waals surface area (Å²) in [4.78, 5) is 3.99. The number of nitrogens with zero attached hydrogens (tertiary/aromatic N) is 2. The molecule has 0 saturated carbocycles. The Hall–Kier alpha value is -1.45. The summed E-state index contributed by atoms with van der Waals surface area (Å²) >= 11 is 12.1. The summed E-state index contributed by atoms with van der Waals surface area (Å²) in [5, 5.41) is 1.15. The predicted molar refractivity (Wildman–Crippen MR) is 79.1 cm³/mol. The maximum absolute atomic E-state index is 6.22. The van der Waals surface area contributed by atoms with Crippen LogP contribution in [0.2, 0.25) is 10.0 Å². The highest BCUT2D eigenvalue weighted by molar-refractivity contribution is 6.35. The van der Waals surface area contributed by atoms with E-state index in [0.29, 0.717) is 15.8 Å². The summed E-state index contributed by atoms with van der Waals surface area (Å²) in [6.07, 6.45) is 7.09. The molecule has 0 bridgehead atoms. The largest absolute Gasteiger partial charge is 0.489 e. The first-order valence-corrected chi connectivity index (χ1v) is 6.63. The van der Waals surface area contributed by atoms with Gasteiger partial charge >= 0.3 is 0 Å². The van der Waals surface area contributed by atoms with Gasteiger partial charge in [-0.15, -0.1) is 0 Å². The lowest BCUT2D eigenvalue weighted by molar-refractivity contribution is 0.205. The fourth-order valence-electron chi connectivity index (χ4n) is 1.59. The zero-order valence-electron chi connectivity index (χ0n) is 10.7. The molecule has 0 N–H and O–H groups in total. The van der Waals surface area contributed by atoms with Crippen molar-refractivity contribution in [3.05, 3.63) is 52.5 Å². The summed E-state index contributed by atoms with van der Waals surface area (Å²) in [5.41, 5.74) is 0.800. The normalized spacial score (nSPS) is 11.9. The minimum atomic E-state index is 0.0431. The fraction of sp³-hybridized carbons (Fsp3) is 0.214. The zero-order valence-corrected chi connectivity index (χ0v) is 12.2. The number of halogens is 2. The van der Waals surface area contributed by atoms with Crippen molar-refractivity contribution in [2.75, 3.05) is 0 Å². The van der Waals surface area contributed by atoms with Gasteiger partial charge in [0.15, 0.2) is 0 Å². The van der Waals surface area contributed by atoms with Gasteiger partial charge in [-0.1, -0.05) is 23.2 Å². The van der Waals surface area contributed by atoms with Gasteiger partial charge in [0.25, 0.3) is 0 Å². The average molecular weight is 297 g/mol. The molecule has 19 heavy (non-hydrogen) atoms. The molecular formula is C14H14Cl2N2O. The van der Waals surface area contributed by atoms with E-state index in [0.717, 1.165) is 5.56 Å². The highest BCUT2D eigenvalue weighted by Crippen LogP contribution is 2.29. The van der Waals surface area contributed by atoms with Crippen molar-refractivity contribution in [1.29, 1.82) is 0 Å². The molecule has 1 heterocycles. The first-order chi connectivity index (χ1) is 9.06. The van der Waals surface area contributed by atoms with Crippen LogP contribution in [0.4, 0.5) is 0 Å². The minimum absolute atomic E-state index is 0.0431. The molecule has 0 saturated heterocycles. The Morgan fingerprint density at radius 1 is 1.37 bits per heavy atom.